The van der Waals surface area contributed by atoms with Gasteiger partial charge in [-0.3, -0.25) is 0 Å². The predicted molar refractivity (Wildman–Crippen MR) is 34.3 cm³/mol. The molecule has 0 amide bonds. The second-order valence-electron chi connectivity index (χ2n) is 1.50. The maximum absolute atomic E-state index is 8.82. The molecule has 8 heavy (non-hydrogen) atoms. The van der Waals surface area contributed by atoms with Crippen LogP contribution < -0.4 is 0 Å². The van der Waals surface area contributed by atoms with Crippen molar-refractivity contribution in [1.29, 1.82) is 0 Å². The highest BCUT2D eigenvalue weighted by molar-refractivity contribution is 4.95. The van der Waals surface area contributed by atoms with Crippen molar-refractivity contribution in [3.8, 4) is 12.3 Å². The van der Waals surface area contributed by atoms with E-state index in [1.165, 1.54) is 0 Å². The van der Waals surface area contributed by atoms with Crippen LogP contribution in [-0.4, -0.2) is 11.2 Å². The summed E-state index contributed by atoms with van der Waals surface area (Å²) >= 11 is 0. The lowest BCUT2D eigenvalue weighted by atomic mass is 10.2. The number of terminal acetylenes is 1. The average Bonchev–Trinajstić information content (AvgIpc) is 1.68. The Kier molecular flexibility index (Phi) is 4.01. The monoisotopic (exact) mass is 110 g/mol. The lowest BCUT2D eigenvalue weighted by Gasteiger charge is -1.94. The van der Waals surface area contributed by atoms with E-state index in [2.05, 4.69) is 5.92 Å². The first-order chi connectivity index (χ1) is 3.81. The Morgan fingerprint density at radius 3 is 2.88 bits per heavy atom. The van der Waals surface area contributed by atoms with Crippen molar-refractivity contribution < 1.29 is 5.11 Å². The van der Waals surface area contributed by atoms with Crippen LogP contribution in [0.2, 0.25) is 0 Å². The van der Waals surface area contributed by atoms with Crippen molar-refractivity contribution in [2.75, 3.05) is 0 Å². The molecule has 0 aliphatic heterocycles. The van der Waals surface area contributed by atoms with Crippen LogP contribution in [0.1, 0.15) is 13.3 Å². The Morgan fingerprint density at radius 2 is 2.50 bits per heavy atom. The molecule has 0 aromatic rings. The Hall–Kier alpha value is -0.740. The fraction of sp³-hybridized carbons (Fsp3) is 0.429. The van der Waals surface area contributed by atoms with Gasteiger partial charge in [-0.2, -0.15) is 0 Å². The Bertz CT molecular complexity index is 108. The standard InChI is InChI=1S/C7H10O/c1-3-5-7(8)6-4-2/h1,4,6-8H,5H2,2H3/b6-4+/t7-/m1/s1. The molecule has 1 N–H and O–H groups in total. The van der Waals surface area contributed by atoms with Gasteiger partial charge < -0.3 is 5.11 Å². The van der Waals surface area contributed by atoms with Crippen LogP contribution in [0.15, 0.2) is 12.2 Å². The third-order valence-electron chi connectivity index (χ3n) is 0.742. The maximum Gasteiger partial charge on any atom is 0.0829 e. The minimum absolute atomic E-state index is 0.407. The molecule has 0 aromatic carbocycles. The lowest BCUT2D eigenvalue weighted by molar-refractivity contribution is 0.229. The van der Waals surface area contributed by atoms with Gasteiger partial charge >= 0.3 is 0 Å². The summed E-state index contributed by atoms with van der Waals surface area (Å²) in [4.78, 5) is 0. The number of aliphatic hydroxyl groups excluding tert-OH is 1. The van der Waals surface area contributed by atoms with Gasteiger partial charge in [-0.1, -0.05) is 12.2 Å². The number of allylic oxidation sites excluding steroid dienone is 1. The quantitative estimate of drug-likeness (QED) is 0.414. The number of hydrogen-bond acceptors (Lipinski definition) is 1. The summed E-state index contributed by atoms with van der Waals surface area (Å²) in [5.41, 5.74) is 0. The first-order valence-electron chi connectivity index (χ1n) is 2.55. The van der Waals surface area contributed by atoms with Crippen LogP contribution in [0, 0.1) is 12.3 Å². The van der Waals surface area contributed by atoms with Crippen LogP contribution in [0.5, 0.6) is 0 Å². The molecule has 0 radical (unpaired) electrons. The summed E-state index contributed by atoms with van der Waals surface area (Å²) in [5.74, 6) is 2.35. The van der Waals surface area contributed by atoms with Crippen molar-refractivity contribution in [2.24, 2.45) is 0 Å². The zero-order valence-corrected chi connectivity index (χ0v) is 4.96. The molecule has 0 spiro atoms. The van der Waals surface area contributed by atoms with E-state index in [0.29, 0.717) is 6.42 Å². The van der Waals surface area contributed by atoms with E-state index in [0.717, 1.165) is 0 Å². The van der Waals surface area contributed by atoms with E-state index in [4.69, 9.17) is 11.5 Å². The molecular weight excluding hydrogens is 100 g/mol. The SMILES string of the molecule is C#CC[C@@H](O)/C=C/C. The number of aliphatic hydroxyl groups is 1. The number of rotatable bonds is 2. The van der Waals surface area contributed by atoms with Crippen molar-refractivity contribution in [2.45, 2.75) is 19.4 Å². The molecule has 0 aliphatic rings. The molecule has 1 heteroatoms. The molecule has 0 rings (SSSR count). The maximum atomic E-state index is 8.82. The third-order valence-corrected chi connectivity index (χ3v) is 0.742. The van der Waals surface area contributed by atoms with Crippen LogP contribution in [-0.2, 0) is 0 Å². The van der Waals surface area contributed by atoms with Gasteiger partial charge in [0.1, 0.15) is 0 Å². The fourth-order valence-electron chi connectivity index (χ4n) is 0.411. The van der Waals surface area contributed by atoms with Crippen LogP contribution in [0.25, 0.3) is 0 Å². The van der Waals surface area contributed by atoms with Gasteiger partial charge in [0.15, 0.2) is 0 Å². The molecule has 0 aliphatic carbocycles. The largest absolute Gasteiger partial charge is 0.388 e. The second-order valence-corrected chi connectivity index (χ2v) is 1.50. The lowest BCUT2D eigenvalue weighted by Crippen LogP contribution is -1.98. The highest BCUT2D eigenvalue weighted by atomic mass is 16.3. The second kappa shape index (κ2) is 4.42. The van der Waals surface area contributed by atoms with Crippen LogP contribution in [0.3, 0.4) is 0 Å². The summed E-state index contributed by atoms with van der Waals surface area (Å²) in [7, 11) is 0. The van der Waals surface area contributed by atoms with Crippen LogP contribution >= 0.6 is 0 Å². The molecule has 0 unspecified atom stereocenters. The molecule has 44 valence electrons. The van der Waals surface area contributed by atoms with Gasteiger partial charge in [0, 0.05) is 6.42 Å². The molecule has 0 fully saturated rings. The van der Waals surface area contributed by atoms with Crippen molar-refractivity contribution in [1.82, 2.24) is 0 Å². The minimum atomic E-state index is -0.454. The van der Waals surface area contributed by atoms with Gasteiger partial charge in [0.05, 0.1) is 6.10 Å². The smallest absolute Gasteiger partial charge is 0.0829 e. The predicted octanol–water partition coefficient (Wildman–Crippen LogP) is 0.947. The summed E-state index contributed by atoms with van der Waals surface area (Å²) in [6.07, 6.45) is 8.32. The van der Waals surface area contributed by atoms with E-state index in [9.17, 15) is 0 Å². The summed E-state index contributed by atoms with van der Waals surface area (Å²) in [5, 5.41) is 8.82. The van der Waals surface area contributed by atoms with Gasteiger partial charge in [-0.25, -0.2) is 0 Å². The van der Waals surface area contributed by atoms with Gasteiger partial charge in [-0.05, 0) is 6.92 Å². The molecule has 0 saturated heterocycles. The fourth-order valence-corrected chi connectivity index (χ4v) is 0.411. The molecule has 0 heterocycles. The van der Waals surface area contributed by atoms with E-state index in [-0.39, 0.29) is 0 Å². The highest BCUT2D eigenvalue weighted by Gasteiger charge is 1.90. The Labute approximate surface area is 50.0 Å². The molecule has 0 bridgehead atoms. The van der Waals surface area contributed by atoms with E-state index < -0.39 is 6.10 Å². The first kappa shape index (κ1) is 7.26. The van der Waals surface area contributed by atoms with E-state index in [1.807, 2.05) is 6.92 Å². The molecule has 0 saturated carbocycles. The highest BCUT2D eigenvalue weighted by Crippen LogP contribution is 1.89. The van der Waals surface area contributed by atoms with E-state index >= 15 is 0 Å². The van der Waals surface area contributed by atoms with Gasteiger partial charge in [0.25, 0.3) is 0 Å². The summed E-state index contributed by atoms with van der Waals surface area (Å²) in [6.45, 7) is 1.85. The minimum Gasteiger partial charge on any atom is -0.388 e. The Morgan fingerprint density at radius 1 is 1.88 bits per heavy atom. The third kappa shape index (κ3) is 3.45. The average molecular weight is 110 g/mol. The summed E-state index contributed by atoms with van der Waals surface area (Å²) < 4.78 is 0. The number of hydrogen-bond donors (Lipinski definition) is 1. The van der Waals surface area contributed by atoms with Gasteiger partial charge in [-0.15, -0.1) is 12.3 Å². The zero-order chi connectivity index (χ0) is 6.41. The van der Waals surface area contributed by atoms with Crippen molar-refractivity contribution in [3.63, 3.8) is 0 Å². The topological polar surface area (TPSA) is 20.2 Å². The van der Waals surface area contributed by atoms with Crippen LogP contribution in [0.4, 0.5) is 0 Å². The normalized spacial score (nSPS) is 13.6. The van der Waals surface area contributed by atoms with Crippen molar-refractivity contribution >= 4 is 0 Å². The molecule has 1 nitrogen and oxygen atoms in total. The molecular formula is C7H10O. The first-order valence-corrected chi connectivity index (χ1v) is 2.55. The molecule has 0 aromatic heterocycles. The van der Waals surface area contributed by atoms with Gasteiger partial charge in [0.2, 0.25) is 0 Å². The summed E-state index contributed by atoms with van der Waals surface area (Å²) in [6, 6.07) is 0. The molecule has 1 atom stereocenters. The Balaban J connectivity index is 3.36. The zero-order valence-electron chi connectivity index (χ0n) is 4.96. The van der Waals surface area contributed by atoms with E-state index in [1.54, 1.807) is 12.2 Å². The van der Waals surface area contributed by atoms with Crippen molar-refractivity contribution in [3.05, 3.63) is 12.2 Å².